The van der Waals surface area contributed by atoms with Crippen LogP contribution in [0.4, 0.5) is 8.78 Å². The van der Waals surface area contributed by atoms with E-state index in [0.29, 0.717) is 21.9 Å². The van der Waals surface area contributed by atoms with Crippen molar-refractivity contribution >= 4 is 11.6 Å². The van der Waals surface area contributed by atoms with Crippen molar-refractivity contribution < 1.29 is 18.6 Å². The Kier molecular flexibility index (Phi) is 4.57. The third kappa shape index (κ3) is 3.68. The summed E-state index contributed by atoms with van der Waals surface area (Å²) in [5.41, 5.74) is 1.04. The lowest BCUT2D eigenvalue weighted by atomic mass is 10.1. The number of benzene rings is 2. The third-order valence-electron chi connectivity index (χ3n) is 2.76. The lowest BCUT2D eigenvalue weighted by Gasteiger charge is -2.11. The van der Waals surface area contributed by atoms with E-state index >= 15 is 0 Å². The van der Waals surface area contributed by atoms with Crippen molar-refractivity contribution in [2.45, 2.75) is 19.6 Å². The molecule has 0 saturated carbocycles. The zero-order chi connectivity index (χ0) is 14.7. The molecule has 1 N–H and O–H groups in total. The average Bonchev–Trinajstić information content (AvgIpc) is 2.36. The normalized spacial score (nSPS) is 12.2. The predicted octanol–water partition coefficient (Wildman–Crippen LogP) is 4.25. The quantitative estimate of drug-likeness (QED) is 0.914. The maximum atomic E-state index is 13.0. The van der Waals surface area contributed by atoms with Gasteiger partial charge in [0.05, 0.1) is 11.1 Å². The molecule has 0 saturated heterocycles. The molecule has 0 unspecified atom stereocenters. The first-order valence-corrected chi connectivity index (χ1v) is 6.39. The monoisotopic (exact) mass is 298 g/mol. The molecule has 2 nitrogen and oxygen atoms in total. The molecule has 106 valence electrons. The van der Waals surface area contributed by atoms with Gasteiger partial charge >= 0.3 is 0 Å². The third-order valence-corrected chi connectivity index (χ3v) is 3.05. The zero-order valence-corrected chi connectivity index (χ0v) is 11.5. The Morgan fingerprint density at radius 3 is 2.35 bits per heavy atom. The van der Waals surface area contributed by atoms with Gasteiger partial charge in [0.1, 0.15) is 24.0 Å². The van der Waals surface area contributed by atoms with Gasteiger partial charge in [-0.25, -0.2) is 8.78 Å². The van der Waals surface area contributed by atoms with E-state index in [1.165, 1.54) is 12.1 Å². The summed E-state index contributed by atoms with van der Waals surface area (Å²) in [6.07, 6.45) is -0.626. The van der Waals surface area contributed by atoms with Crippen LogP contribution >= 0.6 is 11.6 Å². The first-order chi connectivity index (χ1) is 9.45. The Hall–Kier alpha value is -1.65. The second-order valence-corrected chi connectivity index (χ2v) is 4.84. The Bertz CT molecular complexity index is 595. The van der Waals surface area contributed by atoms with Gasteiger partial charge in [0.15, 0.2) is 0 Å². The van der Waals surface area contributed by atoms with Crippen LogP contribution in [0.15, 0.2) is 36.4 Å². The zero-order valence-electron chi connectivity index (χ0n) is 10.7. The van der Waals surface area contributed by atoms with Gasteiger partial charge in [-0.1, -0.05) is 17.7 Å². The molecule has 2 aromatic carbocycles. The molecule has 0 spiro atoms. The van der Waals surface area contributed by atoms with Crippen molar-refractivity contribution in [2.75, 3.05) is 0 Å². The number of hydrogen-bond acceptors (Lipinski definition) is 2. The van der Waals surface area contributed by atoms with Gasteiger partial charge in [0.25, 0.3) is 0 Å². The van der Waals surface area contributed by atoms with Crippen LogP contribution in [0.1, 0.15) is 24.2 Å². The standard InChI is InChI=1S/C15H13ClF2O2/c1-9(19)11-2-3-15(14(16)6-11)20-8-10-4-12(17)7-13(18)5-10/h2-7,9,19H,8H2,1H3/t9-/m1/s1. The summed E-state index contributed by atoms with van der Waals surface area (Å²) >= 11 is 6.02. The van der Waals surface area contributed by atoms with Crippen LogP contribution in [0, 0.1) is 11.6 Å². The Labute approximate surface area is 120 Å². The van der Waals surface area contributed by atoms with Gasteiger partial charge in [-0.15, -0.1) is 0 Å². The maximum absolute atomic E-state index is 13.0. The summed E-state index contributed by atoms with van der Waals surface area (Å²) in [7, 11) is 0. The van der Waals surface area contributed by atoms with Crippen LogP contribution < -0.4 is 4.74 Å². The highest BCUT2D eigenvalue weighted by atomic mass is 35.5. The van der Waals surface area contributed by atoms with Crippen molar-refractivity contribution in [1.82, 2.24) is 0 Å². The van der Waals surface area contributed by atoms with Crippen LogP contribution in [0.5, 0.6) is 5.75 Å². The van der Waals surface area contributed by atoms with E-state index in [2.05, 4.69) is 0 Å². The lowest BCUT2D eigenvalue weighted by molar-refractivity contribution is 0.199. The second-order valence-electron chi connectivity index (χ2n) is 4.43. The van der Waals surface area contributed by atoms with Crippen LogP contribution in [0.2, 0.25) is 5.02 Å². The first-order valence-electron chi connectivity index (χ1n) is 6.01. The maximum Gasteiger partial charge on any atom is 0.138 e. The molecule has 2 rings (SSSR count). The summed E-state index contributed by atoms with van der Waals surface area (Å²) in [6.45, 7) is 1.63. The number of ether oxygens (including phenoxy) is 1. The molecule has 0 amide bonds. The molecular formula is C15H13ClF2O2. The van der Waals surface area contributed by atoms with Crippen LogP contribution in [-0.2, 0) is 6.61 Å². The molecule has 0 heterocycles. The largest absolute Gasteiger partial charge is 0.487 e. The summed E-state index contributed by atoms with van der Waals surface area (Å²) in [6, 6.07) is 8.07. The molecule has 0 aliphatic heterocycles. The second kappa shape index (κ2) is 6.20. The molecule has 0 bridgehead atoms. The molecule has 20 heavy (non-hydrogen) atoms. The summed E-state index contributed by atoms with van der Waals surface area (Å²) in [5, 5.41) is 9.76. The molecule has 1 atom stereocenters. The Morgan fingerprint density at radius 1 is 1.15 bits per heavy atom. The number of halogens is 3. The highest BCUT2D eigenvalue weighted by Crippen LogP contribution is 2.28. The summed E-state index contributed by atoms with van der Waals surface area (Å²) < 4.78 is 31.5. The summed E-state index contributed by atoms with van der Waals surface area (Å²) in [5.74, 6) is -0.918. The van der Waals surface area contributed by atoms with Crippen LogP contribution in [0.25, 0.3) is 0 Å². The van der Waals surface area contributed by atoms with Gasteiger partial charge < -0.3 is 9.84 Å². The van der Waals surface area contributed by atoms with Crippen LogP contribution in [0.3, 0.4) is 0 Å². The smallest absolute Gasteiger partial charge is 0.138 e. The highest BCUT2D eigenvalue weighted by molar-refractivity contribution is 6.32. The van der Waals surface area contributed by atoms with E-state index < -0.39 is 17.7 Å². The molecule has 0 aliphatic rings. The number of hydrogen-bond donors (Lipinski definition) is 1. The van der Waals surface area contributed by atoms with Gasteiger partial charge in [-0.05, 0) is 42.3 Å². The summed E-state index contributed by atoms with van der Waals surface area (Å²) in [4.78, 5) is 0. The van der Waals surface area contributed by atoms with E-state index in [0.717, 1.165) is 6.07 Å². The molecule has 0 fully saturated rings. The molecule has 5 heteroatoms. The van der Waals surface area contributed by atoms with Crippen molar-refractivity contribution in [1.29, 1.82) is 0 Å². The fourth-order valence-corrected chi connectivity index (χ4v) is 1.99. The minimum absolute atomic E-state index is 0.00241. The minimum atomic E-state index is -0.654. The Morgan fingerprint density at radius 2 is 1.80 bits per heavy atom. The van der Waals surface area contributed by atoms with E-state index in [1.54, 1.807) is 25.1 Å². The Balaban J connectivity index is 2.11. The van der Waals surface area contributed by atoms with E-state index in [4.69, 9.17) is 16.3 Å². The molecule has 0 aliphatic carbocycles. The van der Waals surface area contributed by atoms with Crippen molar-refractivity contribution in [3.63, 3.8) is 0 Å². The highest BCUT2D eigenvalue weighted by Gasteiger charge is 2.08. The molecule has 2 aromatic rings. The van der Waals surface area contributed by atoms with E-state index in [-0.39, 0.29) is 6.61 Å². The fraction of sp³-hybridized carbons (Fsp3) is 0.200. The molecular weight excluding hydrogens is 286 g/mol. The van der Waals surface area contributed by atoms with Crippen molar-refractivity contribution in [3.8, 4) is 5.75 Å². The first kappa shape index (κ1) is 14.8. The minimum Gasteiger partial charge on any atom is -0.487 e. The van der Waals surface area contributed by atoms with E-state index in [9.17, 15) is 13.9 Å². The predicted molar refractivity (Wildman–Crippen MR) is 72.8 cm³/mol. The van der Waals surface area contributed by atoms with Crippen molar-refractivity contribution in [2.24, 2.45) is 0 Å². The van der Waals surface area contributed by atoms with Gasteiger partial charge in [0, 0.05) is 6.07 Å². The number of aliphatic hydroxyl groups excluding tert-OH is 1. The van der Waals surface area contributed by atoms with Crippen LogP contribution in [-0.4, -0.2) is 5.11 Å². The topological polar surface area (TPSA) is 29.5 Å². The van der Waals surface area contributed by atoms with E-state index in [1.807, 2.05) is 0 Å². The van der Waals surface area contributed by atoms with Gasteiger partial charge in [-0.3, -0.25) is 0 Å². The van der Waals surface area contributed by atoms with Gasteiger partial charge in [-0.2, -0.15) is 0 Å². The van der Waals surface area contributed by atoms with Crippen molar-refractivity contribution in [3.05, 3.63) is 64.2 Å². The molecule has 0 aromatic heterocycles. The number of aliphatic hydroxyl groups is 1. The average molecular weight is 299 g/mol. The van der Waals surface area contributed by atoms with Gasteiger partial charge in [0.2, 0.25) is 0 Å². The molecule has 0 radical (unpaired) electrons. The number of rotatable bonds is 4. The SMILES string of the molecule is C[C@@H](O)c1ccc(OCc2cc(F)cc(F)c2)c(Cl)c1. The lowest BCUT2D eigenvalue weighted by Crippen LogP contribution is -1.98. The fourth-order valence-electron chi connectivity index (χ4n) is 1.75.